The van der Waals surface area contributed by atoms with Crippen LogP contribution in [0, 0.1) is 28.0 Å². The fraction of sp³-hybridized carbons (Fsp3) is 0.739. The lowest BCUT2D eigenvalue weighted by Crippen LogP contribution is -2.71. The van der Waals surface area contributed by atoms with Gasteiger partial charge in [0.25, 0.3) is 0 Å². The summed E-state index contributed by atoms with van der Waals surface area (Å²) in [5.74, 6) is 1.33. The minimum atomic E-state index is -0.853. The second-order valence-electron chi connectivity index (χ2n) is 11.6. The predicted molar refractivity (Wildman–Crippen MR) is 110 cm³/mol. The molecule has 29 heavy (non-hydrogen) atoms. The predicted octanol–water partition coefficient (Wildman–Crippen LogP) is 4.51. The molecule has 3 fully saturated rings. The Bertz CT molecular complexity index is 893. The lowest BCUT2D eigenvalue weighted by molar-refractivity contribution is -0.0946. The molecule has 5 aliphatic rings. The summed E-state index contributed by atoms with van der Waals surface area (Å²) in [5, 5.41) is 9.59. The van der Waals surface area contributed by atoms with Gasteiger partial charge in [0, 0.05) is 42.7 Å². The third kappa shape index (κ3) is 2.50. The fourth-order valence-corrected chi connectivity index (χ4v) is 7.04. The normalized spacial score (nSPS) is 34.6. The molecule has 3 heterocycles. The Morgan fingerprint density at radius 2 is 2.03 bits per heavy atom. The Hall–Kier alpha value is -1.85. The van der Waals surface area contributed by atoms with E-state index in [0.29, 0.717) is 30.7 Å². The molecule has 1 spiro atoms. The summed E-state index contributed by atoms with van der Waals surface area (Å²) in [4.78, 5) is 20.2. The van der Waals surface area contributed by atoms with E-state index in [4.69, 9.17) is 4.98 Å². The van der Waals surface area contributed by atoms with Gasteiger partial charge in [-0.15, -0.1) is 0 Å². The number of nitrogens with zero attached hydrogens (tertiary/aromatic N) is 3. The summed E-state index contributed by atoms with van der Waals surface area (Å²) >= 11 is 0. The number of pyridine rings is 1. The highest BCUT2D eigenvalue weighted by Gasteiger charge is 2.61. The van der Waals surface area contributed by atoms with Gasteiger partial charge in [0.2, 0.25) is 0 Å². The Balaban J connectivity index is 1.44. The molecule has 6 heteroatoms. The van der Waals surface area contributed by atoms with Gasteiger partial charge < -0.3 is 14.9 Å². The van der Waals surface area contributed by atoms with Crippen molar-refractivity contribution in [3.63, 3.8) is 0 Å². The number of aromatic nitrogens is 1. The van der Waals surface area contributed by atoms with Crippen molar-refractivity contribution >= 4 is 11.9 Å². The van der Waals surface area contributed by atoms with E-state index in [9.17, 15) is 9.90 Å². The minimum absolute atomic E-state index is 0.0514. The molecule has 5 nitrogen and oxygen atoms in total. The van der Waals surface area contributed by atoms with Gasteiger partial charge in [0.1, 0.15) is 0 Å². The van der Waals surface area contributed by atoms with Gasteiger partial charge in [-0.2, -0.15) is 0 Å². The second kappa shape index (κ2) is 5.64. The van der Waals surface area contributed by atoms with E-state index in [2.05, 4.69) is 39.5 Å². The topological polar surface area (TPSA) is 56.7 Å². The summed E-state index contributed by atoms with van der Waals surface area (Å²) in [7, 11) is 0. The Morgan fingerprint density at radius 1 is 1.31 bits per heavy atom. The third-order valence-electron chi connectivity index (χ3n) is 8.46. The first-order chi connectivity index (χ1) is 13.4. The Morgan fingerprint density at radius 3 is 2.66 bits per heavy atom. The van der Waals surface area contributed by atoms with Crippen LogP contribution in [0.1, 0.15) is 64.6 Å². The van der Waals surface area contributed by atoms with E-state index < -0.39 is 6.09 Å². The van der Waals surface area contributed by atoms with Crippen molar-refractivity contribution in [1.29, 1.82) is 0 Å². The van der Waals surface area contributed by atoms with Crippen molar-refractivity contribution in [1.82, 2.24) is 9.88 Å². The lowest BCUT2D eigenvalue weighted by Gasteiger charge is -2.59. The molecule has 158 valence electrons. The molecular weight excluding hydrogens is 369 g/mol. The highest BCUT2D eigenvalue weighted by Crippen LogP contribution is 2.62. The number of anilines is 1. The zero-order chi connectivity index (χ0) is 20.9. The standard InChI is InChI=1S/C23H32FN3O2/c1-21(2,3)19-23(12-27(19)20(28)29)6-7-26(11-23)18-16(24)9-13-8-14-10-15(17(13)25-18)22(14,4)5/h9,14-15,19H,6-8,10-12H2,1-5H3,(H,28,29)/t14-,15-,19?,23?/m0/s1. The molecular formula is C23H32FN3O2. The maximum Gasteiger partial charge on any atom is 0.407 e. The van der Waals surface area contributed by atoms with Crippen LogP contribution >= 0.6 is 0 Å². The monoisotopic (exact) mass is 401 g/mol. The van der Waals surface area contributed by atoms with Crippen molar-refractivity contribution in [2.75, 3.05) is 24.5 Å². The largest absolute Gasteiger partial charge is 0.465 e. The van der Waals surface area contributed by atoms with Gasteiger partial charge in [0.15, 0.2) is 11.6 Å². The van der Waals surface area contributed by atoms with Crippen LogP contribution in [-0.4, -0.2) is 46.8 Å². The van der Waals surface area contributed by atoms with Crippen LogP contribution in [0.2, 0.25) is 0 Å². The summed E-state index contributed by atoms with van der Waals surface area (Å²) in [6.45, 7) is 12.9. The fourth-order valence-electron chi connectivity index (χ4n) is 7.04. The van der Waals surface area contributed by atoms with Crippen LogP contribution in [-0.2, 0) is 6.42 Å². The van der Waals surface area contributed by atoms with E-state index in [1.165, 1.54) is 6.42 Å². The van der Waals surface area contributed by atoms with E-state index >= 15 is 4.39 Å². The van der Waals surface area contributed by atoms with Crippen molar-refractivity contribution in [2.24, 2.45) is 22.2 Å². The highest BCUT2D eigenvalue weighted by molar-refractivity contribution is 5.68. The summed E-state index contributed by atoms with van der Waals surface area (Å²) in [5.41, 5.74) is 2.19. The Labute approximate surface area is 172 Å². The molecule has 2 saturated heterocycles. The average molecular weight is 402 g/mol. The van der Waals surface area contributed by atoms with Crippen LogP contribution in [0.5, 0.6) is 0 Å². The number of likely N-dealkylation sites (tertiary alicyclic amines) is 1. The number of hydrogen-bond donors (Lipinski definition) is 1. The molecule has 0 radical (unpaired) electrons. The molecule has 0 aromatic carbocycles. The van der Waals surface area contributed by atoms with E-state index in [-0.39, 0.29) is 28.1 Å². The molecule has 1 saturated carbocycles. The van der Waals surface area contributed by atoms with Crippen LogP contribution in [0.15, 0.2) is 6.07 Å². The van der Waals surface area contributed by atoms with Gasteiger partial charge in [0.05, 0.1) is 0 Å². The third-order valence-corrected chi connectivity index (χ3v) is 8.46. The second-order valence-corrected chi connectivity index (χ2v) is 11.6. The van der Waals surface area contributed by atoms with Crippen LogP contribution in [0.25, 0.3) is 0 Å². The van der Waals surface area contributed by atoms with E-state index in [0.717, 1.165) is 30.6 Å². The number of carbonyl (C=O) groups is 1. The zero-order valence-corrected chi connectivity index (χ0v) is 18.1. The van der Waals surface area contributed by atoms with Crippen molar-refractivity contribution in [3.8, 4) is 0 Å². The van der Waals surface area contributed by atoms with Crippen molar-refractivity contribution in [3.05, 3.63) is 23.1 Å². The van der Waals surface area contributed by atoms with E-state index in [1.807, 2.05) is 0 Å². The minimum Gasteiger partial charge on any atom is -0.465 e. The maximum absolute atomic E-state index is 15.1. The molecule has 1 N–H and O–H groups in total. The molecule has 1 aromatic heterocycles. The molecule has 6 rings (SSSR count). The SMILES string of the molecule is CC(C)(C)C1N(C(=O)O)CC12CCN(c1nc3c(cc1F)C[C@H]1C[C@@H]3C1(C)C)C2. The molecule has 1 amide bonds. The summed E-state index contributed by atoms with van der Waals surface area (Å²) in [6, 6.07) is 1.67. The first-order valence-corrected chi connectivity index (χ1v) is 10.9. The zero-order valence-electron chi connectivity index (χ0n) is 18.1. The molecule has 3 aliphatic carbocycles. The molecule has 2 unspecified atom stereocenters. The van der Waals surface area contributed by atoms with Crippen LogP contribution < -0.4 is 4.90 Å². The van der Waals surface area contributed by atoms with Crippen LogP contribution in [0.3, 0.4) is 0 Å². The lowest BCUT2D eigenvalue weighted by atomic mass is 9.48. The molecule has 2 aliphatic heterocycles. The summed E-state index contributed by atoms with van der Waals surface area (Å²) < 4.78 is 15.1. The van der Waals surface area contributed by atoms with Crippen molar-refractivity contribution < 1.29 is 14.3 Å². The molecule has 1 aromatic rings. The van der Waals surface area contributed by atoms with E-state index in [1.54, 1.807) is 11.0 Å². The molecule has 4 atom stereocenters. The Kier molecular flexibility index (Phi) is 3.72. The first kappa shape index (κ1) is 19.1. The number of carboxylic acid groups (broad SMARTS) is 1. The van der Waals surface area contributed by atoms with Gasteiger partial charge in [-0.3, -0.25) is 0 Å². The van der Waals surface area contributed by atoms with Gasteiger partial charge in [-0.05, 0) is 47.6 Å². The smallest absolute Gasteiger partial charge is 0.407 e. The van der Waals surface area contributed by atoms with Crippen molar-refractivity contribution in [2.45, 2.75) is 65.8 Å². The highest BCUT2D eigenvalue weighted by atomic mass is 19.1. The number of amides is 1. The van der Waals surface area contributed by atoms with Gasteiger partial charge in [-0.25, -0.2) is 14.2 Å². The maximum atomic E-state index is 15.1. The number of halogens is 1. The van der Waals surface area contributed by atoms with Gasteiger partial charge >= 0.3 is 6.09 Å². The molecule has 2 bridgehead atoms. The number of rotatable bonds is 1. The number of hydrogen-bond acceptors (Lipinski definition) is 3. The quantitative estimate of drug-likeness (QED) is 0.752. The van der Waals surface area contributed by atoms with Gasteiger partial charge in [-0.1, -0.05) is 34.6 Å². The van der Waals surface area contributed by atoms with Crippen LogP contribution in [0.4, 0.5) is 15.0 Å². The summed E-state index contributed by atoms with van der Waals surface area (Å²) in [6.07, 6.45) is 2.14. The first-order valence-electron chi connectivity index (χ1n) is 10.9. The average Bonchev–Trinajstić information content (AvgIpc) is 3.03.